The van der Waals surface area contributed by atoms with Crippen LogP contribution in [0.25, 0.3) is 0 Å². The van der Waals surface area contributed by atoms with Crippen molar-refractivity contribution in [3.63, 3.8) is 0 Å². The average Bonchev–Trinajstić information content (AvgIpc) is 3.78. The minimum Gasteiger partial charge on any atom is -0.508 e. The fourth-order valence-electron chi connectivity index (χ4n) is 7.60. The number of carbonyl (C=O) groups is 7. The molecule has 15 N–H and O–H groups in total. The molecule has 68 heavy (non-hydrogen) atoms. The number of phenols is 1. The van der Waals surface area contributed by atoms with Crippen LogP contribution in [0, 0.1) is 11.8 Å². The SMILES string of the molecule is CC[C@H](C)[C@@H](NC(=O)[C@H](Cc1ccc(O)cc1)NC(=O)[C@@H]1CCCN1C(=O)[C@H](CCCN=C(N)N)NC(=O)[C@H](CCCN=C(N)N)NC(=O)Cc1ccc(Br)cc1)C(=O)N[C@H](CC(C)C)C(=O)O. The number of aromatic hydroxyl groups is 1. The highest BCUT2D eigenvalue weighted by atomic mass is 79.9. The topological polar surface area (TPSA) is 352 Å². The van der Waals surface area contributed by atoms with Crippen molar-refractivity contribution in [3.8, 4) is 5.75 Å². The molecule has 6 amide bonds. The minimum atomic E-state index is -1.30. The first kappa shape index (κ1) is 55.9. The molecule has 0 aromatic heterocycles. The summed E-state index contributed by atoms with van der Waals surface area (Å²) in [6.07, 6.45) is 1.80. The van der Waals surface area contributed by atoms with Gasteiger partial charge in [0.1, 0.15) is 42.0 Å². The van der Waals surface area contributed by atoms with Crippen LogP contribution in [0.15, 0.2) is 63.0 Å². The molecule has 7 atom stereocenters. The van der Waals surface area contributed by atoms with Crippen molar-refractivity contribution in [2.45, 2.75) is 128 Å². The van der Waals surface area contributed by atoms with E-state index in [4.69, 9.17) is 22.9 Å². The molecule has 3 rings (SSSR count). The number of aliphatic imine (C=N–C) groups is 2. The molecular weight excluding hydrogens is 944 g/mol. The van der Waals surface area contributed by atoms with Gasteiger partial charge in [0.2, 0.25) is 35.4 Å². The van der Waals surface area contributed by atoms with Crippen LogP contribution in [-0.2, 0) is 46.4 Å². The minimum absolute atomic E-state index is 0.0258. The number of nitrogens with zero attached hydrogens (tertiary/aromatic N) is 3. The van der Waals surface area contributed by atoms with Crippen LogP contribution < -0.4 is 49.5 Å². The fourth-order valence-corrected chi connectivity index (χ4v) is 7.86. The zero-order chi connectivity index (χ0) is 50.5. The number of nitrogens with one attached hydrogen (secondary N) is 5. The molecule has 2 aromatic rings. The van der Waals surface area contributed by atoms with Crippen molar-refractivity contribution < 1.29 is 43.8 Å². The number of nitrogens with two attached hydrogens (primary N) is 4. The number of phenolic OH excluding ortho intramolecular Hbond substituents is 1. The molecule has 0 aliphatic carbocycles. The van der Waals surface area contributed by atoms with Gasteiger partial charge in [-0.2, -0.15) is 0 Å². The Morgan fingerprint density at radius 3 is 1.85 bits per heavy atom. The zero-order valence-electron chi connectivity index (χ0n) is 39.2. The first-order valence-corrected chi connectivity index (χ1v) is 23.6. The summed E-state index contributed by atoms with van der Waals surface area (Å²) in [7, 11) is 0. The van der Waals surface area contributed by atoms with Crippen molar-refractivity contribution in [1.82, 2.24) is 31.5 Å². The van der Waals surface area contributed by atoms with Crippen molar-refractivity contribution in [3.05, 3.63) is 64.1 Å². The Balaban J connectivity index is 1.91. The number of rotatable bonds is 27. The maximum absolute atomic E-state index is 14.6. The molecular formula is C46H69BrN12O9. The second-order valence-electron chi connectivity index (χ2n) is 17.4. The lowest BCUT2D eigenvalue weighted by molar-refractivity contribution is -0.143. The van der Waals surface area contributed by atoms with Gasteiger partial charge in [0.05, 0.1) is 6.42 Å². The molecule has 0 spiro atoms. The molecule has 1 saturated heterocycles. The van der Waals surface area contributed by atoms with Crippen molar-refractivity contribution in [2.24, 2.45) is 44.8 Å². The van der Waals surface area contributed by atoms with E-state index in [1.165, 1.54) is 17.0 Å². The van der Waals surface area contributed by atoms with Crippen molar-refractivity contribution in [2.75, 3.05) is 19.6 Å². The summed E-state index contributed by atoms with van der Waals surface area (Å²) < 4.78 is 0.828. The Bertz CT molecular complexity index is 2080. The van der Waals surface area contributed by atoms with E-state index in [0.717, 1.165) is 4.47 Å². The van der Waals surface area contributed by atoms with Gasteiger partial charge >= 0.3 is 5.97 Å². The third-order valence-corrected chi connectivity index (χ3v) is 11.9. The predicted molar refractivity (Wildman–Crippen MR) is 260 cm³/mol. The zero-order valence-corrected chi connectivity index (χ0v) is 40.8. The number of halogens is 1. The first-order valence-electron chi connectivity index (χ1n) is 22.9. The number of benzene rings is 2. The van der Waals surface area contributed by atoms with Crippen LogP contribution in [0.2, 0.25) is 0 Å². The molecule has 1 heterocycles. The maximum Gasteiger partial charge on any atom is 0.326 e. The van der Waals surface area contributed by atoms with E-state index >= 15 is 0 Å². The summed E-state index contributed by atoms with van der Waals surface area (Å²) in [6.45, 7) is 7.61. The Morgan fingerprint density at radius 1 is 0.735 bits per heavy atom. The van der Waals surface area contributed by atoms with E-state index in [2.05, 4.69) is 52.5 Å². The van der Waals surface area contributed by atoms with Gasteiger partial charge < -0.3 is 64.6 Å². The summed E-state index contributed by atoms with van der Waals surface area (Å²) in [5.41, 5.74) is 23.3. The van der Waals surface area contributed by atoms with Crippen LogP contribution in [0.1, 0.15) is 90.2 Å². The predicted octanol–water partition coefficient (Wildman–Crippen LogP) is 0.639. The molecule has 0 bridgehead atoms. The van der Waals surface area contributed by atoms with Gasteiger partial charge in [-0.05, 0) is 92.2 Å². The fraction of sp³-hybridized carbons (Fsp3) is 0.543. The molecule has 374 valence electrons. The molecule has 21 nitrogen and oxygen atoms in total. The van der Waals surface area contributed by atoms with E-state index < -0.39 is 83.6 Å². The molecule has 0 saturated carbocycles. The van der Waals surface area contributed by atoms with Crippen LogP contribution in [0.5, 0.6) is 5.75 Å². The monoisotopic (exact) mass is 1010 g/mol. The van der Waals surface area contributed by atoms with Crippen molar-refractivity contribution >= 4 is 69.3 Å². The van der Waals surface area contributed by atoms with E-state index in [-0.39, 0.29) is 88.2 Å². The van der Waals surface area contributed by atoms with Crippen molar-refractivity contribution in [1.29, 1.82) is 0 Å². The second kappa shape index (κ2) is 28.0. The lowest BCUT2D eigenvalue weighted by atomic mass is 9.96. The van der Waals surface area contributed by atoms with Gasteiger partial charge in [0, 0.05) is 30.5 Å². The van der Waals surface area contributed by atoms with E-state index in [0.29, 0.717) is 30.4 Å². The highest BCUT2D eigenvalue weighted by molar-refractivity contribution is 9.10. The van der Waals surface area contributed by atoms with Gasteiger partial charge in [-0.15, -0.1) is 0 Å². The van der Waals surface area contributed by atoms with E-state index in [1.807, 2.05) is 20.8 Å². The van der Waals surface area contributed by atoms with Crippen LogP contribution >= 0.6 is 15.9 Å². The summed E-state index contributed by atoms with van der Waals surface area (Å²) in [4.78, 5) is 106. The maximum atomic E-state index is 14.6. The van der Waals surface area contributed by atoms with E-state index in [9.17, 15) is 43.8 Å². The van der Waals surface area contributed by atoms with Gasteiger partial charge in [-0.1, -0.05) is 74.3 Å². The number of amides is 6. The smallest absolute Gasteiger partial charge is 0.326 e. The van der Waals surface area contributed by atoms with E-state index in [1.54, 1.807) is 43.3 Å². The lowest BCUT2D eigenvalue weighted by Gasteiger charge is -2.31. The first-order chi connectivity index (χ1) is 32.2. The number of carboxylic acids is 1. The number of carbonyl (C=O) groups excluding carboxylic acids is 6. The number of guanidine groups is 2. The highest BCUT2D eigenvalue weighted by Crippen LogP contribution is 2.22. The quantitative estimate of drug-likeness (QED) is 0.0333. The highest BCUT2D eigenvalue weighted by Gasteiger charge is 2.40. The Labute approximate surface area is 405 Å². The second-order valence-corrected chi connectivity index (χ2v) is 18.3. The van der Waals surface area contributed by atoms with Crippen LogP contribution in [0.4, 0.5) is 0 Å². The molecule has 1 aliphatic rings. The van der Waals surface area contributed by atoms with Gasteiger partial charge in [-0.25, -0.2) is 4.79 Å². The molecule has 1 fully saturated rings. The third kappa shape index (κ3) is 19.0. The Hall–Kier alpha value is -6.45. The molecule has 0 radical (unpaired) electrons. The Morgan fingerprint density at radius 2 is 1.29 bits per heavy atom. The average molecular weight is 1010 g/mol. The Kier molecular flexibility index (Phi) is 23.0. The molecule has 22 heteroatoms. The molecule has 0 unspecified atom stereocenters. The number of hydrogen-bond donors (Lipinski definition) is 11. The number of aliphatic carboxylic acids is 1. The summed E-state index contributed by atoms with van der Waals surface area (Å²) in [6, 6.07) is 6.02. The number of hydrogen-bond acceptors (Lipinski definition) is 10. The summed E-state index contributed by atoms with van der Waals surface area (Å²) in [5, 5.41) is 33.5. The standard InChI is InChI=1S/C46H69BrN12O9/c1-5-27(4)38(42(65)57-35(44(67)68)23-26(2)3)58-40(63)34(24-28-14-18-31(60)19-15-28)56-41(64)36-11-8-22-59(36)43(66)33(10-7-21-53-46(50)51)55-39(62)32(9-6-20-52-45(48)49)54-37(61)25-29-12-16-30(47)17-13-29/h12-19,26-27,32-36,38,60H,5-11,20-25H2,1-4H3,(H,54,61)(H,55,62)(H,56,64)(H,57,65)(H,58,63)(H,67,68)(H4,48,49,52)(H4,50,51,53)/t27-,32-,33-,34-,35+,36-,38+/m0/s1. The molecule has 2 aromatic carbocycles. The molecule has 1 aliphatic heterocycles. The number of carboxylic acid groups (broad SMARTS) is 1. The normalized spacial score (nSPS) is 15.9. The van der Waals surface area contributed by atoms with Crippen LogP contribution in [0.3, 0.4) is 0 Å². The largest absolute Gasteiger partial charge is 0.508 e. The number of likely N-dealkylation sites (tertiary alicyclic amines) is 1. The van der Waals surface area contributed by atoms with Gasteiger partial charge in [0.15, 0.2) is 11.9 Å². The van der Waals surface area contributed by atoms with Crippen LogP contribution in [-0.4, -0.2) is 124 Å². The van der Waals surface area contributed by atoms with Gasteiger partial charge in [-0.3, -0.25) is 38.8 Å². The lowest BCUT2D eigenvalue weighted by Crippen LogP contribution is -2.60. The van der Waals surface area contributed by atoms with Gasteiger partial charge in [0.25, 0.3) is 0 Å². The summed E-state index contributed by atoms with van der Waals surface area (Å²) >= 11 is 3.38. The summed E-state index contributed by atoms with van der Waals surface area (Å²) in [5.74, 6) is -5.87. The third-order valence-electron chi connectivity index (χ3n) is 11.4.